The Morgan fingerprint density at radius 2 is 2.00 bits per heavy atom. The molecule has 27 heavy (non-hydrogen) atoms. The summed E-state index contributed by atoms with van der Waals surface area (Å²) in [6, 6.07) is 9.72. The number of aliphatic hydroxyl groups excluding tert-OH is 1. The molecule has 2 N–H and O–H groups in total. The van der Waals surface area contributed by atoms with Crippen LogP contribution in [0.1, 0.15) is 36.0 Å². The molecule has 7 heteroatoms. The van der Waals surface area contributed by atoms with Crippen molar-refractivity contribution in [2.24, 2.45) is 0 Å². The minimum atomic E-state index is -0.377. The molecule has 0 atom stereocenters. The number of esters is 1. The Morgan fingerprint density at radius 3 is 2.78 bits per heavy atom. The summed E-state index contributed by atoms with van der Waals surface area (Å²) in [6.07, 6.45) is 6.64. The number of ether oxygens (including phenoxy) is 1. The molecule has 3 aromatic rings. The van der Waals surface area contributed by atoms with E-state index in [9.17, 15) is 9.90 Å². The highest BCUT2D eigenvalue weighted by atomic mass is 16.5. The number of rotatable bonds is 4. The quantitative estimate of drug-likeness (QED) is 0.690. The van der Waals surface area contributed by atoms with Gasteiger partial charge in [-0.3, -0.25) is 0 Å². The zero-order valence-corrected chi connectivity index (χ0v) is 15.1. The van der Waals surface area contributed by atoms with E-state index >= 15 is 0 Å². The number of aliphatic hydroxyl groups is 1. The third kappa shape index (κ3) is 3.50. The molecule has 1 aromatic carbocycles. The smallest absolute Gasteiger partial charge is 0.340 e. The summed E-state index contributed by atoms with van der Waals surface area (Å²) in [5, 5.41) is 13.8. The van der Waals surface area contributed by atoms with Crippen molar-refractivity contribution in [3.05, 3.63) is 48.3 Å². The Balaban J connectivity index is 1.67. The number of anilines is 1. The van der Waals surface area contributed by atoms with Crippen molar-refractivity contribution in [3.63, 3.8) is 0 Å². The molecule has 2 aromatic heterocycles. The van der Waals surface area contributed by atoms with E-state index in [0.717, 1.165) is 36.6 Å². The highest BCUT2D eigenvalue weighted by Gasteiger charge is 2.20. The summed E-state index contributed by atoms with van der Waals surface area (Å²) in [5.41, 5.74) is 1.38. The van der Waals surface area contributed by atoms with E-state index in [2.05, 4.69) is 15.3 Å². The monoisotopic (exact) mass is 366 g/mol. The third-order valence-electron chi connectivity index (χ3n) is 5.03. The molecule has 2 heterocycles. The van der Waals surface area contributed by atoms with Crippen LogP contribution in [0.5, 0.6) is 0 Å². The summed E-state index contributed by atoms with van der Waals surface area (Å²) in [4.78, 5) is 21.1. The molecule has 0 aliphatic heterocycles. The lowest BCUT2D eigenvalue weighted by Crippen LogP contribution is -2.29. The number of hydrogen-bond donors (Lipinski definition) is 2. The van der Waals surface area contributed by atoms with Gasteiger partial charge in [-0.05, 0) is 37.8 Å². The number of fused-ring (bicyclic) bond motifs is 1. The Hall–Kier alpha value is -2.93. The van der Waals surface area contributed by atoms with Crippen LogP contribution in [-0.4, -0.2) is 44.9 Å². The first-order chi connectivity index (χ1) is 13.2. The summed E-state index contributed by atoms with van der Waals surface area (Å²) in [6.45, 7) is 0. The minimum Gasteiger partial charge on any atom is -0.465 e. The van der Waals surface area contributed by atoms with Crippen molar-refractivity contribution >= 4 is 22.8 Å². The number of methoxy groups -OCH3 is 1. The number of carbonyl (C=O) groups excluding carboxylic acids is 1. The van der Waals surface area contributed by atoms with E-state index < -0.39 is 0 Å². The molecule has 0 bridgehead atoms. The minimum absolute atomic E-state index is 0.196. The van der Waals surface area contributed by atoms with Crippen molar-refractivity contribution in [1.82, 2.24) is 14.5 Å². The van der Waals surface area contributed by atoms with Crippen LogP contribution < -0.4 is 5.32 Å². The lowest BCUT2D eigenvalue weighted by molar-refractivity contribution is 0.0603. The Morgan fingerprint density at radius 1 is 1.22 bits per heavy atom. The SMILES string of the molecule is COC(=O)c1cn(-c2ccnc(N[C@H]3CC[C@H](O)CC3)n2)c2ccccc12. The van der Waals surface area contributed by atoms with E-state index in [1.54, 1.807) is 12.4 Å². The van der Waals surface area contributed by atoms with Gasteiger partial charge in [-0.25, -0.2) is 9.78 Å². The van der Waals surface area contributed by atoms with E-state index in [1.165, 1.54) is 7.11 Å². The standard InChI is InChI=1S/C20H22N4O3/c1-27-19(26)16-12-24(17-5-3-2-4-15(16)17)18-10-11-21-20(23-18)22-13-6-8-14(25)9-7-13/h2-5,10-14,25H,6-9H2,1H3,(H,21,22,23)/t13-,14-. The van der Waals surface area contributed by atoms with Crippen LogP contribution in [0.15, 0.2) is 42.7 Å². The van der Waals surface area contributed by atoms with Gasteiger partial charge in [0.2, 0.25) is 5.95 Å². The summed E-state index contributed by atoms with van der Waals surface area (Å²) >= 11 is 0. The number of aromatic nitrogens is 3. The Kier molecular flexibility index (Phi) is 4.77. The predicted molar refractivity (Wildman–Crippen MR) is 102 cm³/mol. The first-order valence-electron chi connectivity index (χ1n) is 9.12. The average molecular weight is 366 g/mol. The molecule has 1 aliphatic rings. The van der Waals surface area contributed by atoms with Crippen LogP contribution in [0.4, 0.5) is 5.95 Å². The fraction of sp³-hybridized carbons (Fsp3) is 0.350. The van der Waals surface area contributed by atoms with Crippen LogP contribution in [0.25, 0.3) is 16.7 Å². The zero-order chi connectivity index (χ0) is 18.8. The van der Waals surface area contributed by atoms with Gasteiger partial charge in [0.15, 0.2) is 0 Å². The van der Waals surface area contributed by atoms with Gasteiger partial charge in [0, 0.05) is 23.8 Å². The van der Waals surface area contributed by atoms with Gasteiger partial charge >= 0.3 is 5.97 Å². The number of nitrogens with one attached hydrogen (secondary N) is 1. The van der Waals surface area contributed by atoms with Crippen LogP contribution in [-0.2, 0) is 4.74 Å². The maximum Gasteiger partial charge on any atom is 0.340 e. The third-order valence-corrected chi connectivity index (χ3v) is 5.03. The lowest BCUT2D eigenvalue weighted by atomic mass is 9.93. The number of carbonyl (C=O) groups is 1. The molecule has 0 amide bonds. The van der Waals surface area contributed by atoms with Crippen LogP contribution in [0, 0.1) is 0 Å². The van der Waals surface area contributed by atoms with Crippen LogP contribution >= 0.6 is 0 Å². The number of para-hydroxylation sites is 1. The topological polar surface area (TPSA) is 89.3 Å². The molecular formula is C20H22N4O3. The molecule has 7 nitrogen and oxygen atoms in total. The van der Waals surface area contributed by atoms with Gasteiger partial charge in [-0.15, -0.1) is 0 Å². The fourth-order valence-electron chi connectivity index (χ4n) is 3.60. The van der Waals surface area contributed by atoms with Gasteiger partial charge in [0.1, 0.15) is 5.82 Å². The maximum atomic E-state index is 12.1. The predicted octanol–water partition coefficient (Wildman–Crippen LogP) is 2.92. The molecule has 0 spiro atoms. The number of hydrogen-bond acceptors (Lipinski definition) is 6. The second-order valence-corrected chi connectivity index (χ2v) is 6.81. The molecule has 0 unspecified atom stereocenters. The number of nitrogens with zero attached hydrogens (tertiary/aromatic N) is 3. The second kappa shape index (κ2) is 7.36. The van der Waals surface area contributed by atoms with Gasteiger partial charge in [-0.2, -0.15) is 4.98 Å². The largest absolute Gasteiger partial charge is 0.465 e. The van der Waals surface area contributed by atoms with Crippen molar-refractivity contribution in [1.29, 1.82) is 0 Å². The molecule has 1 saturated carbocycles. The highest BCUT2D eigenvalue weighted by Crippen LogP contribution is 2.26. The molecule has 4 rings (SSSR count). The summed E-state index contributed by atoms with van der Waals surface area (Å²) in [5.74, 6) is 0.846. The van der Waals surface area contributed by atoms with Gasteiger partial charge in [-0.1, -0.05) is 18.2 Å². The van der Waals surface area contributed by atoms with Crippen molar-refractivity contribution < 1.29 is 14.6 Å². The summed E-state index contributed by atoms with van der Waals surface area (Å²) < 4.78 is 6.78. The van der Waals surface area contributed by atoms with Crippen molar-refractivity contribution in [2.45, 2.75) is 37.8 Å². The van der Waals surface area contributed by atoms with E-state index in [4.69, 9.17) is 4.74 Å². The van der Waals surface area contributed by atoms with E-state index in [0.29, 0.717) is 17.3 Å². The first-order valence-corrected chi connectivity index (χ1v) is 9.12. The van der Waals surface area contributed by atoms with Crippen LogP contribution in [0.3, 0.4) is 0 Å². The summed E-state index contributed by atoms with van der Waals surface area (Å²) in [7, 11) is 1.38. The van der Waals surface area contributed by atoms with Gasteiger partial charge in [0.05, 0.1) is 24.3 Å². The van der Waals surface area contributed by atoms with Gasteiger partial charge < -0.3 is 19.7 Å². The molecule has 0 saturated heterocycles. The van der Waals surface area contributed by atoms with Crippen molar-refractivity contribution in [3.8, 4) is 5.82 Å². The lowest BCUT2D eigenvalue weighted by Gasteiger charge is -2.26. The molecule has 1 aliphatic carbocycles. The number of benzene rings is 1. The normalized spacial score (nSPS) is 19.8. The zero-order valence-electron chi connectivity index (χ0n) is 15.1. The van der Waals surface area contributed by atoms with Crippen LogP contribution in [0.2, 0.25) is 0 Å². The van der Waals surface area contributed by atoms with Gasteiger partial charge in [0.25, 0.3) is 0 Å². The van der Waals surface area contributed by atoms with E-state index in [-0.39, 0.29) is 18.1 Å². The van der Waals surface area contributed by atoms with Crippen molar-refractivity contribution in [2.75, 3.05) is 12.4 Å². The maximum absolute atomic E-state index is 12.1. The fourth-order valence-corrected chi connectivity index (χ4v) is 3.60. The molecule has 140 valence electrons. The second-order valence-electron chi connectivity index (χ2n) is 6.81. The average Bonchev–Trinajstić information content (AvgIpc) is 3.09. The molecule has 1 fully saturated rings. The molecular weight excluding hydrogens is 344 g/mol. The highest BCUT2D eigenvalue weighted by molar-refractivity contribution is 6.04. The first kappa shape index (κ1) is 17.5. The Bertz CT molecular complexity index is 961. The Labute approximate surface area is 157 Å². The molecule has 0 radical (unpaired) electrons. The van der Waals surface area contributed by atoms with E-state index in [1.807, 2.05) is 34.9 Å².